The maximum absolute atomic E-state index is 11.9. The van der Waals surface area contributed by atoms with Gasteiger partial charge < -0.3 is 14.7 Å². The second-order valence-electron chi connectivity index (χ2n) is 5.31. The standard InChI is InChI=1S/C13H23NO3/c1-10-6-7-14(13(16)17-9-8-15)12-5-3-2-4-11(10)12/h10-12,15H,2-9H2,1H3. The lowest BCUT2D eigenvalue weighted by atomic mass is 9.73. The minimum Gasteiger partial charge on any atom is -0.447 e. The Kier molecular flexibility index (Phi) is 4.26. The number of aliphatic hydroxyl groups is 1. The molecule has 2 fully saturated rings. The zero-order chi connectivity index (χ0) is 12.3. The molecule has 3 unspecified atom stereocenters. The number of likely N-dealkylation sites (tertiary alicyclic amines) is 1. The van der Waals surface area contributed by atoms with Crippen LogP contribution in [0.15, 0.2) is 0 Å². The predicted octanol–water partition coefficient (Wildman–Crippen LogP) is 2.02. The number of hydrogen-bond acceptors (Lipinski definition) is 3. The molecule has 1 aliphatic heterocycles. The summed E-state index contributed by atoms with van der Waals surface area (Å²) in [5.74, 6) is 1.38. The average molecular weight is 241 g/mol. The fourth-order valence-corrected chi connectivity index (χ4v) is 3.36. The van der Waals surface area contributed by atoms with Gasteiger partial charge in [-0.15, -0.1) is 0 Å². The molecule has 0 aromatic heterocycles. The summed E-state index contributed by atoms with van der Waals surface area (Å²) in [5.41, 5.74) is 0. The first-order chi connectivity index (χ1) is 8.24. The molecule has 1 aliphatic carbocycles. The number of fused-ring (bicyclic) bond motifs is 1. The molecule has 0 radical (unpaired) electrons. The Bertz CT molecular complexity index is 269. The molecule has 4 nitrogen and oxygen atoms in total. The van der Waals surface area contributed by atoms with Crippen molar-refractivity contribution in [2.75, 3.05) is 19.8 Å². The molecule has 3 atom stereocenters. The zero-order valence-corrected chi connectivity index (χ0v) is 10.6. The van der Waals surface area contributed by atoms with Crippen LogP contribution >= 0.6 is 0 Å². The van der Waals surface area contributed by atoms with Gasteiger partial charge in [-0.1, -0.05) is 19.8 Å². The summed E-state index contributed by atoms with van der Waals surface area (Å²) in [5, 5.41) is 8.69. The summed E-state index contributed by atoms with van der Waals surface area (Å²) in [4.78, 5) is 13.8. The Morgan fingerprint density at radius 1 is 1.35 bits per heavy atom. The summed E-state index contributed by atoms with van der Waals surface area (Å²) >= 11 is 0. The highest BCUT2D eigenvalue weighted by atomic mass is 16.6. The van der Waals surface area contributed by atoms with Crippen LogP contribution in [0.3, 0.4) is 0 Å². The van der Waals surface area contributed by atoms with Gasteiger partial charge in [-0.25, -0.2) is 4.79 Å². The lowest BCUT2D eigenvalue weighted by Gasteiger charge is -2.46. The van der Waals surface area contributed by atoms with Gasteiger partial charge in [-0.3, -0.25) is 0 Å². The molecule has 17 heavy (non-hydrogen) atoms. The average Bonchev–Trinajstić information content (AvgIpc) is 2.37. The third-order valence-corrected chi connectivity index (χ3v) is 4.29. The van der Waals surface area contributed by atoms with Gasteiger partial charge >= 0.3 is 6.09 Å². The number of carbonyl (C=O) groups is 1. The molecule has 1 heterocycles. The van der Waals surface area contributed by atoms with Crippen LogP contribution in [0.4, 0.5) is 4.79 Å². The molecule has 1 saturated heterocycles. The molecule has 4 heteroatoms. The van der Waals surface area contributed by atoms with E-state index < -0.39 is 0 Å². The predicted molar refractivity (Wildman–Crippen MR) is 64.7 cm³/mol. The normalized spacial score (nSPS) is 33.1. The van der Waals surface area contributed by atoms with E-state index >= 15 is 0 Å². The van der Waals surface area contributed by atoms with E-state index in [0.717, 1.165) is 25.3 Å². The molecule has 0 bridgehead atoms. The van der Waals surface area contributed by atoms with Crippen LogP contribution in [0, 0.1) is 11.8 Å². The first-order valence-electron chi connectivity index (χ1n) is 6.78. The number of nitrogens with zero attached hydrogens (tertiary/aromatic N) is 1. The number of ether oxygens (including phenoxy) is 1. The van der Waals surface area contributed by atoms with E-state index in [1.165, 1.54) is 19.3 Å². The molecule has 1 saturated carbocycles. The number of amides is 1. The van der Waals surface area contributed by atoms with Crippen molar-refractivity contribution in [3.05, 3.63) is 0 Å². The molecule has 2 rings (SSSR count). The number of rotatable bonds is 2. The van der Waals surface area contributed by atoms with Crippen LogP contribution in [-0.2, 0) is 4.74 Å². The third-order valence-electron chi connectivity index (χ3n) is 4.29. The van der Waals surface area contributed by atoms with E-state index in [1.54, 1.807) is 0 Å². The Labute approximate surface area is 103 Å². The van der Waals surface area contributed by atoms with Gasteiger partial charge in [0.25, 0.3) is 0 Å². The highest BCUT2D eigenvalue weighted by Crippen LogP contribution is 2.38. The van der Waals surface area contributed by atoms with E-state index in [9.17, 15) is 4.79 Å². The van der Waals surface area contributed by atoms with Crippen LogP contribution in [0.25, 0.3) is 0 Å². The molecule has 0 spiro atoms. The van der Waals surface area contributed by atoms with Crippen molar-refractivity contribution < 1.29 is 14.6 Å². The summed E-state index contributed by atoms with van der Waals surface area (Å²) in [7, 11) is 0. The molecule has 1 N–H and O–H groups in total. The molecular formula is C13H23NO3. The van der Waals surface area contributed by atoms with Gasteiger partial charge in [0.15, 0.2) is 0 Å². The number of piperidine rings is 1. The largest absolute Gasteiger partial charge is 0.447 e. The monoisotopic (exact) mass is 241 g/mol. The first-order valence-corrected chi connectivity index (χ1v) is 6.78. The van der Waals surface area contributed by atoms with Crippen LogP contribution in [0.2, 0.25) is 0 Å². The summed E-state index contributed by atoms with van der Waals surface area (Å²) in [6.07, 6.45) is 5.72. The number of carbonyl (C=O) groups excluding carboxylic acids is 1. The Morgan fingerprint density at radius 2 is 2.12 bits per heavy atom. The van der Waals surface area contributed by atoms with E-state index in [4.69, 9.17) is 9.84 Å². The maximum atomic E-state index is 11.9. The lowest BCUT2D eigenvalue weighted by molar-refractivity contribution is 0.0112. The lowest BCUT2D eigenvalue weighted by Crippen LogP contribution is -2.52. The second kappa shape index (κ2) is 5.71. The fourth-order valence-electron chi connectivity index (χ4n) is 3.36. The minimum atomic E-state index is -0.233. The SMILES string of the molecule is CC1CCN(C(=O)OCCO)C2CCCCC12. The summed E-state index contributed by atoms with van der Waals surface area (Å²) in [6, 6.07) is 0.374. The van der Waals surface area contributed by atoms with Crippen LogP contribution in [0.5, 0.6) is 0 Å². The van der Waals surface area contributed by atoms with E-state index in [2.05, 4.69) is 6.92 Å². The zero-order valence-electron chi connectivity index (χ0n) is 10.6. The number of aliphatic hydroxyl groups excluding tert-OH is 1. The highest BCUT2D eigenvalue weighted by Gasteiger charge is 2.39. The Hall–Kier alpha value is -0.770. The third kappa shape index (κ3) is 2.73. The topological polar surface area (TPSA) is 49.8 Å². The minimum absolute atomic E-state index is 0.0932. The van der Waals surface area contributed by atoms with Crippen molar-refractivity contribution in [2.45, 2.75) is 45.1 Å². The Balaban J connectivity index is 1.99. The van der Waals surface area contributed by atoms with Gasteiger partial charge in [0.05, 0.1) is 6.61 Å². The van der Waals surface area contributed by atoms with Crippen LogP contribution in [0.1, 0.15) is 39.0 Å². The molecule has 0 aromatic rings. The van der Waals surface area contributed by atoms with E-state index in [1.807, 2.05) is 4.90 Å². The molecular weight excluding hydrogens is 218 g/mol. The van der Waals surface area contributed by atoms with Gasteiger partial charge in [0, 0.05) is 12.6 Å². The van der Waals surface area contributed by atoms with Crippen molar-refractivity contribution in [2.24, 2.45) is 11.8 Å². The van der Waals surface area contributed by atoms with Gasteiger partial charge in [-0.05, 0) is 31.1 Å². The number of hydrogen-bond donors (Lipinski definition) is 1. The van der Waals surface area contributed by atoms with Crippen molar-refractivity contribution in [1.82, 2.24) is 4.90 Å². The van der Waals surface area contributed by atoms with Gasteiger partial charge in [-0.2, -0.15) is 0 Å². The van der Waals surface area contributed by atoms with Gasteiger partial charge in [0.1, 0.15) is 6.61 Å². The van der Waals surface area contributed by atoms with E-state index in [-0.39, 0.29) is 19.3 Å². The second-order valence-corrected chi connectivity index (χ2v) is 5.31. The highest BCUT2D eigenvalue weighted by molar-refractivity contribution is 5.68. The van der Waals surface area contributed by atoms with Crippen LogP contribution < -0.4 is 0 Å². The fraction of sp³-hybridized carbons (Fsp3) is 0.923. The first kappa shape index (κ1) is 12.7. The van der Waals surface area contributed by atoms with Crippen molar-refractivity contribution >= 4 is 6.09 Å². The van der Waals surface area contributed by atoms with E-state index in [0.29, 0.717) is 12.0 Å². The van der Waals surface area contributed by atoms with Crippen LogP contribution in [-0.4, -0.2) is 41.9 Å². The maximum Gasteiger partial charge on any atom is 0.410 e. The molecule has 0 aromatic carbocycles. The van der Waals surface area contributed by atoms with Crippen molar-refractivity contribution in [3.63, 3.8) is 0 Å². The molecule has 2 aliphatic rings. The van der Waals surface area contributed by atoms with Gasteiger partial charge in [0.2, 0.25) is 0 Å². The quantitative estimate of drug-likeness (QED) is 0.804. The van der Waals surface area contributed by atoms with Crippen molar-refractivity contribution in [3.8, 4) is 0 Å². The molecule has 1 amide bonds. The summed E-state index contributed by atoms with van der Waals surface area (Å²) in [6.45, 7) is 3.14. The summed E-state index contributed by atoms with van der Waals surface area (Å²) < 4.78 is 5.05. The smallest absolute Gasteiger partial charge is 0.410 e. The van der Waals surface area contributed by atoms with Crippen molar-refractivity contribution in [1.29, 1.82) is 0 Å². The Morgan fingerprint density at radius 3 is 2.88 bits per heavy atom. The molecule has 98 valence electrons.